The molecular weight excluding hydrogens is 288 g/mol. The molecule has 2 aromatic heterocycles. The van der Waals surface area contributed by atoms with Crippen molar-refractivity contribution in [3.63, 3.8) is 0 Å². The lowest BCUT2D eigenvalue weighted by Gasteiger charge is -2.04. The van der Waals surface area contributed by atoms with Crippen LogP contribution >= 0.6 is 0 Å². The summed E-state index contributed by atoms with van der Waals surface area (Å²) < 4.78 is 3.64. The molecule has 2 N–H and O–H groups in total. The Morgan fingerprint density at radius 1 is 1.09 bits per heavy atom. The van der Waals surface area contributed by atoms with Crippen LogP contribution in [0.5, 0.6) is 0 Å². The fraction of sp³-hybridized carbons (Fsp3) is 0.118. The first-order chi connectivity index (χ1) is 11.1. The first-order valence-electron chi connectivity index (χ1n) is 7.33. The number of nitrogens with two attached hydrogens (primary N) is 1. The summed E-state index contributed by atoms with van der Waals surface area (Å²) in [5.41, 5.74) is 11.9. The zero-order valence-corrected chi connectivity index (χ0v) is 12.9. The van der Waals surface area contributed by atoms with E-state index in [0.29, 0.717) is 11.5 Å². The van der Waals surface area contributed by atoms with E-state index < -0.39 is 0 Å². The number of aromatic nitrogens is 5. The number of benzene rings is 2. The van der Waals surface area contributed by atoms with Gasteiger partial charge in [0.2, 0.25) is 0 Å². The lowest BCUT2D eigenvalue weighted by molar-refractivity contribution is 0.810. The molecule has 0 saturated heterocycles. The van der Waals surface area contributed by atoms with E-state index >= 15 is 0 Å². The molecular formula is C17H16N6. The minimum atomic E-state index is 0.519. The van der Waals surface area contributed by atoms with Crippen molar-refractivity contribution in [2.75, 3.05) is 5.73 Å². The van der Waals surface area contributed by atoms with Crippen molar-refractivity contribution in [2.45, 2.75) is 6.92 Å². The molecule has 0 saturated carbocycles. The largest absolute Gasteiger partial charge is 0.382 e. The Bertz CT molecular complexity index is 1010. The van der Waals surface area contributed by atoms with E-state index in [1.54, 1.807) is 11.0 Å². The van der Waals surface area contributed by atoms with Gasteiger partial charge >= 0.3 is 0 Å². The standard InChI is InChI=1S/C17H16N6/c1-11-4-3-5-13(8-11)23-17(18)16(20-21-23)12-6-7-15-14(9-12)19-10-22(15)2/h3-10H,18H2,1-2H3. The third-order valence-corrected chi connectivity index (χ3v) is 3.95. The second-order valence-electron chi connectivity index (χ2n) is 5.63. The van der Waals surface area contributed by atoms with E-state index in [1.165, 1.54) is 0 Å². The maximum absolute atomic E-state index is 6.28. The highest BCUT2D eigenvalue weighted by atomic mass is 15.5. The quantitative estimate of drug-likeness (QED) is 0.618. The van der Waals surface area contributed by atoms with Crippen molar-refractivity contribution in [1.29, 1.82) is 0 Å². The summed E-state index contributed by atoms with van der Waals surface area (Å²) in [6, 6.07) is 14.0. The number of rotatable bonds is 2. The van der Waals surface area contributed by atoms with Gasteiger partial charge in [-0.2, -0.15) is 4.68 Å². The van der Waals surface area contributed by atoms with E-state index in [-0.39, 0.29) is 0 Å². The fourth-order valence-corrected chi connectivity index (χ4v) is 2.73. The number of nitrogen functional groups attached to an aromatic ring is 1. The minimum absolute atomic E-state index is 0.519. The summed E-state index contributed by atoms with van der Waals surface area (Å²) in [6.07, 6.45) is 1.79. The van der Waals surface area contributed by atoms with Crippen LogP contribution in [0.4, 0.5) is 5.82 Å². The minimum Gasteiger partial charge on any atom is -0.382 e. The molecule has 0 bridgehead atoms. The van der Waals surface area contributed by atoms with Gasteiger partial charge in [0.1, 0.15) is 5.69 Å². The van der Waals surface area contributed by atoms with Crippen molar-refractivity contribution < 1.29 is 0 Å². The molecule has 23 heavy (non-hydrogen) atoms. The molecule has 2 heterocycles. The monoisotopic (exact) mass is 304 g/mol. The van der Waals surface area contributed by atoms with Crippen molar-refractivity contribution in [3.05, 3.63) is 54.4 Å². The van der Waals surface area contributed by atoms with E-state index in [2.05, 4.69) is 15.3 Å². The molecule has 4 aromatic rings. The molecule has 0 radical (unpaired) electrons. The van der Waals surface area contributed by atoms with Crippen molar-refractivity contribution in [3.8, 4) is 16.9 Å². The maximum atomic E-state index is 6.28. The summed E-state index contributed by atoms with van der Waals surface area (Å²) in [4.78, 5) is 4.38. The number of nitrogens with zero attached hydrogens (tertiary/aromatic N) is 5. The summed E-state index contributed by atoms with van der Waals surface area (Å²) >= 11 is 0. The van der Waals surface area contributed by atoms with Crippen LogP contribution in [-0.4, -0.2) is 24.5 Å². The second kappa shape index (κ2) is 4.95. The summed E-state index contributed by atoms with van der Waals surface area (Å²) in [5, 5.41) is 8.46. The summed E-state index contributed by atoms with van der Waals surface area (Å²) in [7, 11) is 1.97. The van der Waals surface area contributed by atoms with Gasteiger partial charge in [0.25, 0.3) is 0 Å². The van der Waals surface area contributed by atoms with Gasteiger partial charge in [-0.3, -0.25) is 0 Å². The van der Waals surface area contributed by atoms with Crippen LogP contribution in [0.25, 0.3) is 28.0 Å². The second-order valence-corrected chi connectivity index (χ2v) is 5.63. The Hall–Kier alpha value is -3.15. The molecule has 0 aliphatic carbocycles. The molecule has 0 atom stereocenters. The summed E-state index contributed by atoms with van der Waals surface area (Å²) in [6.45, 7) is 2.03. The van der Waals surface area contributed by atoms with Crippen molar-refractivity contribution in [2.24, 2.45) is 7.05 Å². The van der Waals surface area contributed by atoms with E-state index in [9.17, 15) is 0 Å². The highest BCUT2D eigenvalue weighted by Crippen LogP contribution is 2.27. The smallest absolute Gasteiger partial charge is 0.155 e. The van der Waals surface area contributed by atoms with Crippen LogP contribution in [0, 0.1) is 6.92 Å². The van der Waals surface area contributed by atoms with E-state index in [4.69, 9.17) is 5.73 Å². The first kappa shape index (κ1) is 13.5. The van der Waals surface area contributed by atoms with Gasteiger partial charge in [0.15, 0.2) is 5.82 Å². The first-order valence-corrected chi connectivity index (χ1v) is 7.33. The number of hydrogen-bond donors (Lipinski definition) is 1. The van der Waals surface area contributed by atoms with Crippen LogP contribution in [0.15, 0.2) is 48.8 Å². The zero-order chi connectivity index (χ0) is 16.0. The molecule has 0 unspecified atom stereocenters. The highest BCUT2D eigenvalue weighted by molar-refractivity contribution is 5.83. The Morgan fingerprint density at radius 3 is 2.78 bits per heavy atom. The molecule has 0 amide bonds. The predicted octanol–water partition coefficient (Wildman–Crippen LogP) is 2.71. The van der Waals surface area contributed by atoms with Crippen LogP contribution in [0.3, 0.4) is 0 Å². The third-order valence-electron chi connectivity index (χ3n) is 3.95. The lowest BCUT2D eigenvalue weighted by Crippen LogP contribution is -2.02. The molecule has 4 rings (SSSR count). The van der Waals surface area contributed by atoms with Gasteiger partial charge in [0.05, 0.1) is 23.0 Å². The van der Waals surface area contributed by atoms with Gasteiger partial charge in [0, 0.05) is 12.6 Å². The lowest BCUT2D eigenvalue weighted by atomic mass is 10.1. The summed E-state index contributed by atoms with van der Waals surface area (Å²) in [5.74, 6) is 0.519. The van der Waals surface area contributed by atoms with Gasteiger partial charge in [-0.15, -0.1) is 5.10 Å². The number of hydrogen-bond acceptors (Lipinski definition) is 4. The van der Waals surface area contributed by atoms with Crippen molar-refractivity contribution >= 4 is 16.9 Å². The number of imidazole rings is 1. The number of aryl methyl sites for hydroxylation is 2. The molecule has 0 aliphatic rings. The molecule has 2 aromatic carbocycles. The van der Waals surface area contributed by atoms with Gasteiger partial charge in [-0.1, -0.05) is 23.4 Å². The molecule has 0 fully saturated rings. The Balaban J connectivity index is 1.83. The Kier molecular flexibility index (Phi) is 2.90. The maximum Gasteiger partial charge on any atom is 0.155 e. The third kappa shape index (κ3) is 2.15. The van der Waals surface area contributed by atoms with E-state index in [1.807, 2.05) is 61.0 Å². The molecule has 6 nitrogen and oxygen atoms in total. The number of fused-ring (bicyclic) bond motifs is 1. The van der Waals surface area contributed by atoms with Crippen LogP contribution in [0.2, 0.25) is 0 Å². The van der Waals surface area contributed by atoms with Gasteiger partial charge in [-0.25, -0.2) is 4.98 Å². The zero-order valence-electron chi connectivity index (χ0n) is 12.9. The predicted molar refractivity (Wildman–Crippen MR) is 90.2 cm³/mol. The van der Waals surface area contributed by atoms with Crippen LogP contribution in [0.1, 0.15) is 5.56 Å². The van der Waals surface area contributed by atoms with Gasteiger partial charge < -0.3 is 10.3 Å². The topological polar surface area (TPSA) is 74.5 Å². The average molecular weight is 304 g/mol. The normalized spacial score (nSPS) is 11.2. The molecule has 0 spiro atoms. The Labute approximate surface area is 133 Å². The van der Waals surface area contributed by atoms with Crippen LogP contribution < -0.4 is 5.73 Å². The molecule has 114 valence electrons. The highest BCUT2D eigenvalue weighted by Gasteiger charge is 2.14. The molecule has 6 heteroatoms. The fourth-order valence-electron chi connectivity index (χ4n) is 2.73. The van der Waals surface area contributed by atoms with Crippen molar-refractivity contribution in [1.82, 2.24) is 24.5 Å². The van der Waals surface area contributed by atoms with E-state index in [0.717, 1.165) is 27.8 Å². The SMILES string of the molecule is Cc1cccc(-n2nnc(-c3ccc4c(c3)ncn4C)c2N)c1. The van der Waals surface area contributed by atoms with Gasteiger partial charge in [-0.05, 0) is 36.8 Å². The van der Waals surface area contributed by atoms with Crippen LogP contribution in [-0.2, 0) is 7.05 Å². The molecule has 0 aliphatic heterocycles. The average Bonchev–Trinajstić information content (AvgIpc) is 3.10. The Morgan fingerprint density at radius 2 is 1.96 bits per heavy atom. The number of anilines is 1.